The summed E-state index contributed by atoms with van der Waals surface area (Å²) < 4.78 is 0. The number of carbonyl (C=O) groups is 1. The number of benzene rings is 1. The van der Waals surface area contributed by atoms with Crippen molar-refractivity contribution in [3.63, 3.8) is 0 Å². The largest absolute Gasteiger partial charge is 0.289 e. The van der Waals surface area contributed by atoms with Gasteiger partial charge in [-0.2, -0.15) is 5.10 Å². The lowest BCUT2D eigenvalue weighted by molar-refractivity contribution is 0.102. The number of para-hydroxylation sites is 1. The molecule has 0 aliphatic carbocycles. The van der Waals surface area contributed by atoms with E-state index in [1.165, 1.54) is 0 Å². The van der Waals surface area contributed by atoms with E-state index in [-0.39, 0.29) is 17.0 Å². The molecular weight excluding hydrogens is 278 g/mol. The monoisotopic (exact) mass is 287 g/mol. The van der Waals surface area contributed by atoms with Crippen molar-refractivity contribution in [2.45, 2.75) is 6.92 Å². The molecule has 0 atom stereocenters. The number of nitrogens with one attached hydrogen (secondary N) is 2. The van der Waals surface area contributed by atoms with E-state index in [2.05, 4.69) is 25.5 Å². The highest BCUT2D eigenvalue weighted by molar-refractivity contribution is 6.29. The van der Waals surface area contributed by atoms with Crippen molar-refractivity contribution in [2.24, 2.45) is 0 Å². The molecule has 0 bridgehead atoms. The van der Waals surface area contributed by atoms with Gasteiger partial charge in [-0.1, -0.05) is 29.8 Å². The Hall–Kier alpha value is -2.47. The van der Waals surface area contributed by atoms with Crippen LogP contribution in [0.25, 0.3) is 10.9 Å². The third kappa shape index (κ3) is 2.33. The first kappa shape index (κ1) is 12.6. The van der Waals surface area contributed by atoms with Gasteiger partial charge in [0, 0.05) is 11.1 Å². The zero-order chi connectivity index (χ0) is 14.1. The van der Waals surface area contributed by atoms with Crippen molar-refractivity contribution < 1.29 is 4.79 Å². The minimum atomic E-state index is -0.385. The minimum absolute atomic E-state index is 0.159. The average Bonchev–Trinajstić information content (AvgIpc) is 2.81. The number of fused-ring (bicyclic) bond motifs is 1. The maximum atomic E-state index is 12.2. The number of amides is 1. The minimum Gasteiger partial charge on any atom is -0.289 e. The summed E-state index contributed by atoms with van der Waals surface area (Å²) >= 11 is 5.83. The first-order valence-electron chi connectivity index (χ1n) is 5.89. The van der Waals surface area contributed by atoms with Gasteiger partial charge in [0.25, 0.3) is 5.91 Å². The smallest absolute Gasteiger partial charge is 0.279 e. The first-order chi connectivity index (χ1) is 9.63. The molecule has 0 aliphatic rings. The third-order valence-corrected chi connectivity index (χ3v) is 2.93. The molecule has 0 aliphatic heterocycles. The molecule has 0 fully saturated rings. The molecule has 2 N–H and O–H groups in total. The SMILES string of the molecule is Cc1cc(Cl)nc(NC(=O)c2n[nH]c3ccccc23)n1. The van der Waals surface area contributed by atoms with Gasteiger partial charge in [0.1, 0.15) is 5.15 Å². The number of carbonyl (C=O) groups excluding carboxylic acids is 1. The molecule has 2 heterocycles. The Morgan fingerprint density at radius 3 is 2.90 bits per heavy atom. The van der Waals surface area contributed by atoms with Gasteiger partial charge in [-0.25, -0.2) is 9.97 Å². The number of hydrogen-bond acceptors (Lipinski definition) is 4. The average molecular weight is 288 g/mol. The molecule has 0 radical (unpaired) electrons. The molecule has 100 valence electrons. The van der Waals surface area contributed by atoms with E-state index in [4.69, 9.17) is 11.6 Å². The number of aromatic nitrogens is 4. The number of anilines is 1. The van der Waals surface area contributed by atoms with Crippen molar-refractivity contribution in [2.75, 3.05) is 5.32 Å². The van der Waals surface area contributed by atoms with E-state index in [1.807, 2.05) is 24.3 Å². The van der Waals surface area contributed by atoms with Crippen LogP contribution in [0.4, 0.5) is 5.95 Å². The van der Waals surface area contributed by atoms with Gasteiger partial charge in [0.05, 0.1) is 5.52 Å². The lowest BCUT2D eigenvalue weighted by Crippen LogP contribution is -2.15. The van der Waals surface area contributed by atoms with Crippen LogP contribution >= 0.6 is 11.6 Å². The van der Waals surface area contributed by atoms with Gasteiger partial charge < -0.3 is 0 Å². The van der Waals surface area contributed by atoms with Crippen LogP contribution in [-0.4, -0.2) is 26.1 Å². The molecule has 3 rings (SSSR count). The van der Waals surface area contributed by atoms with E-state index in [9.17, 15) is 4.79 Å². The first-order valence-corrected chi connectivity index (χ1v) is 6.27. The number of aromatic amines is 1. The fourth-order valence-electron chi connectivity index (χ4n) is 1.88. The second-order valence-electron chi connectivity index (χ2n) is 4.23. The van der Waals surface area contributed by atoms with Crippen LogP contribution in [-0.2, 0) is 0 Å². The molecule has 7 heteroatoms. The number of rotatable bonds is 2. The second-order valence-corrected chi connectivity index (χ2v) is 4.61. The quantitative estimate of drug-likeness (QED) is 0.710. The Labute approximate surface area is 119 Å². The van der Waals surface area contributed by atoms with Gasteiger partial charge in [0.2, 0.25) is 5.95 Å². The molecule has 3 aromatic rings. The molecule has 0 spiro atoms. The van der Waals surface area contributed by atoms with Crippen molar-refractivity contribution >= 4 is 34.4 Å². The number of nitrogens with zero attached hydrogens (tertiary/aromatic N) is 3. The topological polar surface area (TPSA) is 83.6 Å². The molecule has 20 heavy (non-hydrogen) atoms. The molecule has 0 unspecified atom stereocenters. The summed E-state index contributed by atoms with van der Waals surface area (Å²) in [6.07, 6.45) is 0. The van der Waals surface area contributed by atoms with Gasteiger partial charge in [-0.05, 0) is 19.1 Å². The Bertz CT molecular complexity index is 778. The van der Waals surface area contributed by atoms with Crippen LogP contribution in [0.2, 0.25) is 5.15 Å². The highest BCUT2D eigenvalue weighted by Crippen LogP contribution is 2.16. The zero-order valence-electron chi connectivity index (χ0n) is 10.5. The fourth-order valence-corrected chi connectivity index (χ4v) is 2.12. The summed E-state index contributed by atoms with van der Waals surface area (Å²) in [5.74, 6) is -0.226. The molecule has 1 aromatic carbocycles. The summed E-state index contributed by atoms with van der Waals surface area (Å²) in [6, 6.07) is 8.98. The Kier molecular flexibility index (Phi) is 3.08. The molecule has 2 aromatic heterocycles. The number of hydrogen-bond donors (Lipinski definition) is 2. The summed E-state index contributed by atoms with van der Waals surface area (Å²) in [7, 11) is 0. The standard InChI is InChI=1S/C13H10ClN5O/c1-7-6-10(14)16-13(15-7)17-12(20)11-8-4-2-3-5-9(8)18-19-11/h2-6H,1H3,(H,18,19)(H,15,16,17,20). The van der Waals surface area contributed by atoms with E-state index < -0.39 is 0 Å². The zero-order valence-corrected chi connectivity index (χ0v) is 11.3. The predicted molar refractivity (Wildman–Crippen MR) is 75.8 cm³/mol. The van der Waals surface area contributed by atoms with Crippen LogP contribution in [0.1, 0.15) is 16.2 Å². The lowest BCUT2D eigenvalue weighted by atomic mass is 10.2. The molecule has 0 saturated heterocycles. The van der Waals surface area contributed by atoms with Crippen LogP contribution in [0, 0.1) is 6.92 Å². The molecule has 1 amide bonds. The maximum absolute atomic E-state index is 12.2. The molecule has 6 nitrogen and oxygen atoms in total. The summed E-state index contributed by atoms with van der Waals surface area (Å²) in [4.78, 5) is 20.2. The second kappa shape index (κ2) is 4.90. The normalized spacial score (nSPS) is 10.7. The number of aryl methyl sites for hydroxylation is 1. The molecular formula is C13H10ClN5O. The Morgan fingerprint density at radius 1 is 1.30 bits per heavy atom. The number of H-pyrrole nitrogens is 1. The van der Waals surface area contributed by atoms with Crippen LogP contribution in [0.5, 0.6) is 0 Å². The van der Waals surface area contributed by atoms with Crippen LogP contribution in [0.15, 0.2) is 30.3 Å². The summed E-state index contributed by atoms with van der Waals surface area (Å²) in [5, 5.41) is 10.4. The highest BCUT2D eigenvalue weighted by atomic mass is 35.5. The summed E-state index contributed by atoms with van der Waals surface area (Å²) in [6.45, 7) is 1.77. The van der Waals surface area contributed by atoms with E-state index in [1.54, 1.807) is 13.0 Å². The van der Waals surface area contributed by atoms with Gasteiger partial charge in [-0.3, -0.25) is 15.2 Å². The van der Waals surface area contributed by atoms with Crippen LogP contribution < -0.4 is 5.32 Å². The van der Waals surface area contributed by atoms with Crippen molar-refractivity contribution in [1.82, 2.24) is 20.2 Å². The van der Waals surface area contributed by atoms with Crippen molar-refractivity contribution in [3.05, 3.63) is 46.9 Å². The molecule has 0 saturated carbocycles. The van der Waals surface area contributed by atoms with E-state index >= 15 is 0 Å². The Morgan fingerprint density at radius 2 is 2.10 bits per heavy atom. The van der Waals surface area contributed by atoms with E-state index in [0.29, 0.717) is 11.4 Å². The maximum Gasteiger partial charge on any atom is 0.279 e. The lowest BCUT2D eigenvalue weighted by Gasteiger charge is -2.03. The number of halogens is 1. The fraction of sp³-hybridized carbons (Fsp3) is 0.0769. The Balaban J connectivity index is 1.93. The third-order valence-electron chi connectivity index (χ3n) is 2.73. The van der Waals surface area contributed by atoms with Crippen molar-refractivity contribution in [3.8, 4) is 0 Å². The van der Waals surface area contributed by atoms with Gasteiger partial charge in [0.15, 0.2) is 5.69 Å². The van der Waals surface area contributed by atoms with Crippen LogP contribution in [0.3, 0.4) is 0 Å². The van der Waals surface area contributed by atoms with E-state index in [0.717, 1.165) is 10.9 Å². The summed E-state index contributed by atoms with van der Waals surface area (Å²) in [5.41, 5.74) is 1.76. The highest BCUT2D eigenvalue weighted by Gasteiger charge is 2.15. The van der Waals surface area contributed by atoms with Gasteiger partial charge in [-0.15, -0.1) is 0 Å². The van der Waals surface area contributed by atoms with Gasteiger partial charge >= 0.3 is 0 Å². The van der Waals surface area contributed by atoms with Crippen molar-refractivity contribution in [1.29, 1.82) is 0 Å². The predicted octanol–water partition coefficient (Wildman–Crippen LogP) is 2.57.